The normalized spacial score (nSPS) is 23.0. The summed E-state index contributed by atoms with van der Waals surface area (Å²) < 4.78 is 6.03. The number of allylic oxidation sites excluding steroid dienone is 4. The Morgan fingerprint density at radius 1 is 1.21 bits per heavy atom. The number of rotatable bonds is 2. The molecule has 0 fully saturated rings. The van der Waals surface area contributed by atoms with Crippen molar-refractivity contribution < 1.29 is 19.4 Å². The van der Waals surface area contributed by atoms with Crippen LogP contribution in [0.15, 0.2) is 46.9 Å². The van der Waals surface area contributed by atoms with Crippen molar-refractivity contribution in [2.75, 3.05) is 0 Å². The summed E-state index contributed by atoms with van der Waals surface area (Å²) in [5.74, 6) is 0.415. The van der Waals surface area contributed by atoms with E-state index in [2.05, 4.69) is 0 Å². The number of carbonyl (C=O) groups is 2. The van der Waals surface area contributed by atoms with Gasteiger partial charge in [0.2, 0.25) is 0 Å². The lowest BCUT2D eigenvalue weighted by atomic mass is 9.69. The maximum atomic E-state index is 12.9. The van der Waals surface area contributed by atoms with Gasteiger partial charge >= 0.3 is 0 Å². The first-order valence-corrected chi connectivity index (χ1v) is 8.15. The third-order valence-corrected chi connectivity index (χ3v) is 4.69. The van der Waals surface area contributed by atoms with Gasteiger partial charge in [-0.05, 0) is 25.3 Å². The highest BCUT2D eigenvalue weighted by Gasteiger charge is 2.43. The summed E-state index contributed by atoms with van der Waals surface area (Å²) in [6, 6.07) is 7.40. The fraction of sp³-hybridized carbons (Fsp3) is 0.400. The van der Waals surface area contributed by atoms with Gasteiger partial charge < -0.3 is 9.84 Å². The zero-order valence-corrected chi connectivity index (χ0v) is 14.5. The minimum absolute atomic E-state index is 0.0132. The molecule has 1 aromatic carbocycles. The Hall–Kier alpha value is -2.36. The average Bonchev–Trinajstić information content (AvgIpc) is 2.44. The maximum absolute atomic E-state index is 12.9. The van der Waals surface area contributed by atoms with Gasteiger partial charge in [0.05, 0.1) is 11.7 Å². The van der Waals surface area contributed by atoms with Gasteiger partial charge in [-0.2, -0.15) is 0 Å². The molecule has 1 aliphatic carbocycles. The number of ether oxygens (including phenoxy) is 1. The summed E-state index contributed by atoms with van der Waals surface area (Å²) in [7, 11) is 0. The molecule has 1 N–H and O–H groups in total. The molecule has 1 aromatic rings. The lowest BCUT2D eigenvalue weighted by Gasteiger charge is -2.38. The first-order chi connectivity index (χ1) is 11.2. The molecule has 0 amide bonds. The van der Waals surface area contributed by atoms with Crippen LogP contribution in [0, 0.1) is 5.41 Å². The van der Waals surface area contributed by atoms with Crippen molar-refractivity contribution in [2.24, 2.45) is 5.41 Å². The molecule has 0 saturated carbocycles. The number of hydrogen-bond acceptors (Lipinski definition) is 4. The molecule has 3 rings (SSSR count). The Morgan fingerprint density at radius 2 is 1.88 bits per heavy atom. The molecule has 0 radical (unpaired) electrons. The van der Waals surface area contributed by atoms with E-state index in [-0.39, 0.29) is 28.3 Å². The molecule has 0 spiro atoms. The van der Waals surface area contributed by atoms with Gasteiger partial charge in [-0.3, -0.25) is 9.59 Å². The third kappa shape index (κ3) is 2.66. The highest BCUT2D eigenvalue weighted by molar-refractivity contribution is 6.04. The number of para-hydroxylation sites is 1. The van der Waals surface area contributed by atoms with E-state index in [1.165, 1.54) is 13.8 Å². The van der Waals surface area contributed by atoms with Crippen molar-refractivity contribution in [3.63, 3.8) is 0 Å². The SMILES string of the molecule is CC(=O)/C(=C(\C)O)C1C2=C(CC(C)(C)CC2=O)Oc2ccccc21. The summed E-state index contributed by atoms with van der Waals surface area (Å²) in [5, 5.41) is 10.1. The maximum Gasteiger partial charge on any atom is 0.163 e. The summed E-state index contributed by atoms with van der Waals surface area (Å²) in [6.07, 6.45) is 1.04. The molecule has 0 bridgehead atoms. The molecule has 0 aromatic heterocycles. The van der Waals surface area contributed by atoms with Gasteiger partial charge in [0, 0.05) is 29.6 Å². The number of Topliss-reactive ketones (excluding diaryl/α,β-unsaturated/α-hetero) is 2. The van der Waals surface area contributed by atoms with Crippen molar-refractivity contribution in [1.82, 2.24) is 0 Å². The van der Waals surface area contributed by atoms with Crippen molar-refractivity contribution in [1.29, 1.82) is 0 Å². The molecule has 2 aliphatic rings. The van der Waals surface area contributed by atoms with Gasteiger partial charge in [-0.15, -0.1) is 0 Å². The average molecular weight is 326 g/mol. The van der Waals surface area contributed by atoms with Gasteiger partial charge in [0.15, 0.2) is 11.6 Å². The van der Waals surface area contributed by atoms with Crippen molar-refractivity contribution in [3.05, 3.63) is 52.5 Å². The summed E-state index contributed by atoms with van der Waals surface area (Å²) in [4.78, 5) is 25.1. The van der Waals surface area contributed by atoms with Crippen LogP contribution < -0.4 is 4.74 Å². The largest absolute Gasteiger partial charge is 0.512 e. The highest BCUT2D eigenvalue weighted by atomic mass is 16.5. The fourth-order valence-electron chi connectivity index (χ4n) is 3.76. The van der Waals surface area contributed by atoms with Crippen LogP contribution in [-0.4, -0.2) is 16.7 Å². The Morgan fingerprint density at radius 3 is 2.50 bits per heavy atom. The predicted molar refractivity (Wildman–Crippen MR) is 90.9 cm³/mol. The smallest absolute Gasteiger partial charge is 0.163 e. The number of fused-ring (bicyclic) bond motifs is 1. The van der Waals surface area contributed by atoms with E-state index in [9.17, 15) is 14.7 Å². The monoisotopic (exact) mass is 326 g/mol. The van der Waals surface area contributed by atoms with Crippen LogP contribution in [0.25, 0.3) is 0 Å². The quantitative estimate of drug-likeness (QED) is 0.652. The highest BCUT2D eigenvalue weighted by Crippen LogP contribution is 2.50. The molecule has 4 nitrogen and oxygen atoms in total. The minimum Gasteiger partial charge on any atom is -0.512 e. The second kappa shape index (κ2) is 5.62. The van der Waals surface area contributed by atoms with Crippen LogP contribution in [0.2, 0.25) is 0 Å². The van der Waals surface area contributed by atoms with Crippen LogP contribution in [0.4, 0.5) is 0 Å². The van der Waals surface area contributed by atoms with Crippen molar-refractivity contribution >= 4 is 11.6 Å². The van der Waals surface area contributed by atoms with Crippen LogP contribution in [0.1, 0.15) is 52.0 Å². The Labute approximate surface area is 141 Å². The van der Waals surface area contributed by atoms with Crippen molar-refractivity contribution in [2.45, 2.75) is 46.5 Å². The number of ketones is 2. The predicted octanol–water partition coefficient (Wildman–Crippen LogP) is 4.23. The third-order valence-electron chi connectivity index (χ3n) is 4.69. The van der Waals surface area contributed by atoms with E-state index in [1.807, 2.05) is 38.1 Å². The van der Waals surface area contributed by atoms with E-state index in [4.69, 9.17) is 4.74 Å². The van der Waals surface area contributed by atoms with Crippen LogP contribution in [-0.2, 0) is 9.59 Å². The fourth-order valence-corrected chi connectivity index (χ4v) is 3.76. The van der Waals surface area contributed by atoms with Gasteiger partial charge in [0.1, 0.15) is 11.5 Å². The molecule has 1 aliphatic heterocycles. The zero-order valence-electron chi connectivity index (χ0n) is 14.5. The minimum atomic E-state index is -0.559. The lowest BCUT2D eigenvalue weighted by molar-refractivity contribution is -0.118. The molecule has 4 heteroatoms. The second-order valence-electron chi connectivity index (χ2n) is 7.41. The number of aliphatic hydroxyl groups excluding tert-OH is 1. The van der Waals surface area contributed by atoms with E-state index in [0.29, 0.717) is 29.9 Å². The standard InChI is InChI=1S/C20H22O4/c1-11(21)17(12(2)22)18-13-7-5-6-8-15(13)24-16-10-20(3,4)9-14(23)19(16)18/h5-8,18,21H,9-10H2,1-4H3/b17-11-. The van der Waals surface area contributed by atoms with Crippen LogP contribution >= 0.6 is 0 Å². The van der Waals surface area contributed by atoms with E-state index in [1.54, 1.807) is 0 Å². The molecule has 24 heavy (non-hydrogen) atoms. The molecular weight excluding hydrogens is 304 g/mol. The first kappa shape index (κ1) is 16.5. The van der Waals surface area contributed by atoms with E-state index >= 15 is 0 Å². The summed E-state index contributed by atoms with van der Waals surface area (Å²) >= 11 is 0. The topological polar surface area (TPSA) is 63.6 Å². The van der Waals surface area contributed by atoms with Crippen LogP contribution in [0.5, 0.6) is 5.75 Å². The van der Waals surface area contributed by atoms with E-state index < -0.39 is 5.92 Å². The summed E-state index contributed by atoms with van der Waals surface area (Å²) in [5.41, 5.74) is 1.36. The molecule has 1 unspecified atom stereocenters. The molecule has 126 valence electrons. The van der Waals surface area contributed by atoms with E-state index in [0.717, 1.165) is 5.56 Å². The van der Waals surface area contributed by atoms with Gasteiger partial charge in [-0.25, -0.2) is 0 Å². The van der Waals surface area contributed by atoms with Crippen molar-refractivity contribution in [3.8, 4) is 5.75 Å². The Bertz CT molecular complexity index is 792. The number of carbonyl (C=O) groups excluding carboxylic acids is 2. The second-order valence-corrected chi connectivity index (χ2v) is 7.41. The Kier molecular flexibility index (Phi) is 3.86. The molecule has 0 saturated heterocycles. The van der Waals surface area contributed by atoms with Gasteiger partial charge in [-0.1, -0.05) is 32.0 Å². The number of hydrogen-bond donors (Lipinski definition) is 1. The zero-order chi connectivity index (χ0) is 17.6. The van der Waals surface area contributed by atoms with Gasteiger partial charge in [0.25, 0.3) is 0 Å². The number of aliphatic hydroxyl groups is 1. The lowest BCUT2D eigenvalue weighted by Crippen LogP contribution is -2.34. The van der Waals surface area contributed by atoms with Crippen LogP contribution in [0.3, 0.4) is 0 Å². The Balaban J connectivity index is 2.27. The summed E-state index contributed by atoms with van der Waals surface area (Å²) in [6.45, 7) is 6.98. The molecular formula is C20H22O4. The first-order valence-electron chi connectivity index (χ1n) is 8.15. The molecule has 1 atom stereocenters. The number of benzene rings is 1. The molecule has 1 heterocycles.